The average molecular weight is 400 g/mol. The Bertz CT molecular complexity index is 728. The number of aliphatic imine (C=N–C) groups is 1. The van der Waals surface area contributed by atoms with Gasteiger partial charge in [-0.15, -0.1) is 0 Å². The van der Waals surface area contributed by atoms with Crippen LogP contribution in [0.3, 0.4) is 0 Å². The second-order valence-corrected chi connectivity index (χ2v) is 6.16. The van der Waals surface area contributed by atoms with E-state index in [1.54, 1.807) is 12.1 Å². The molecule has 0 bridgehead atoms. The summed E-state index contributed by atoms with van der Waals surface area (Å²) in [6, 6.07) is 5.22. The number of halogens is 2. The number of nitrogens with zero attached hydrogens (tertiary/aromatic N) is 1. The van der Waals surface area contributed by atoms with E-state index in [1.807, 2.05) is 19.9 Å². The predicted octanol–water partition coefficient (Wildman–Crippen LogP) is 3.97. The zero-order chi connectivity index (χ0) is 14.9. The van der Waals surface area contributed by atoms with Crippen LogP contribution in [-0.2, 0) is 0 Å². The molecule has 2 aromatic rings. The van der Waals surface area contributed by atoms with E-state index in [2.05, 4.69) is 41.8 Å². The van der Waals surface area contributed by atoms with E-state index in [0.717, 1.165) is 15.7 Å². The first kappa shape index (κ1) is 15.0. The van der Waals surface area contributed by atoms with Gasteiger partial charge in [-0.2, -0.15) is 0 Å². The van der Waals surface area contributed by atoms with Gasteiger partial charge in [0.2, 0.25) is 0 Å². The molecule has 0 spiro atoms. The molecule has 0 aliphatic carbocycles. The Hall–Kier alpha value is -1.40. The number of phenolic OH excluding ortho intramolecular Hbond substituents is 1. The van der Waals surface area contributed by atoms with Crippen molar-refractivity contribution in [3.63, 3.8) is 0 Å². The molecule has 0 radical (unpaired) electrons. The number of aromatic amines is 1. The van der Waals surface area contributed by atoms with Crippen LogP contribution in [-0.4, -0.2) is 16.3 Å². The number of aryl methyl sites for hydroxylation is 2. The molecule has 0 unspecified atom stereocenters. The number of benzene rings is 1. The molecule has 0 aliphatic heterocycles. The minimum atomic E-state index is -0.244. The second kappa shape index (κ2) is 5.93. The molecule has 1 heterocycles. The van der Waals surface area contributed by atoms with E-state index in [9.17, 15) is 9.90 Å². The summed E-state index contributed by atoms with van der Waals surface area (Å²) in [5.41, 5.74) is 2.19. The number of rotatable bonds is 2. The van der Waals surface area contributed by atoms with Gasteiger partial charge in [-0.05, 0) is 53.5 Å². The monoisotopic (exact) mass is 398 g/mol. The largest absolute Gasteiger partial charge is 0.507 e. The van der Waals surface area contributed by atoms with Crippen molar-refractivity contribution in [3.05, 3.63) is 54.3 Å². The standard InChI is InChI=1S/C14H12Br2N2O2/c1-7-3-8(2)18-14(20)13(7)17-6-10-11(16)4-9(15)5-12(10)19/h3-6,19H,1-2H3,(H,18,20). The Labute approximate surface area is 132 Å². The molecule has 6 heteroatoms. The van der Waals surface area contributed by atoms with Crippen LogP contribution in [0.5, 0.6) is 5.75 Å². The van der Waals surface area contributed by atoms with Crippen LogP contribution in [0.1, 0.15) is 16.8 Å². The molecule has 0 aliphatic rings. The summed E-state index contributed by atoms with van der Waals surface area (Å²) in [5.74, 6) is 0.0798. The van der Waals surface area contributed by atoms with E-state index >= 15 is 0 Å². The molecule has 2 rings (SSSR count). The van der Waals surface area contributed by atoms with E-state index in [4.69, 9.17) is 0 Å². The molecule has 4 nitrogen and oxygen atoms in total. The third-order valence-electron chi connectivity index (χ3n) is 2.73. The number of H-pyrrole nitrogens is 1. The third-order valence-corrected chi connectivity index (χ3v) is 3.84. The van der Waals surface area contributed by atoms with Crippen molar-refractivity contribution in [3.8, 4) is 5.75 Å². The lowest BCUT2D eigenvalue weighted by atomic mass is 10.2. The van der Waals surface area contributed by atoms with Gasteiger partial charge >= 0.3 is 0 Å². The topological polar surface area (TPSA) is 65.5 Å². The highest BCUT2D eigenvalue weighted by atomic mass is 79.9. The van der Waals surface area contributed by atoms with Gasteiger partial charge in [0.05, 0.1) is 0 Å². The molecule has 20 heavy (non-hydrogen) atoms. The fourth-order valence-electron chi connectivity index (χ4n) is 1.84. The summed E-state index contributed by atoms with van der Waals surface area (Å²) in [5, 5.41) is 9.90. The first-order valence-corrected chi connectivity index (χ1v) is 7.39. The Balaban J connectivity index is 2.48. The molecular weight excluding hydrogens is 388 g/mol. The molecule has 1 aromatic carbocycles. The Kier molecular flexibility index (Phi) is 4.45. The fourth-order valence-corrected chi connectivity index (χ4v) is 3.14. The van der Waals surface area contributed by atoms with Crippen LogP contribution in [0.25, 0.3) is 0 Å². The van der Waals surface area contributed by atoms with E-state index in [1.165, 1.54) is 6.21 Å². The molecule has 2 N–H and O–H groups in total. The lowest BCUT2D eigenvalue weighted by Crippen LogP contribution is -2.08. The minimum absolute atomic E-state index is 0.0798. The van der Waals surface area contributed by atoms with Gasteiger partial charge in [0.1, 0.15) is 11.4 Å². The average Bonchev–Trinajstić information content (AvgIpc) is 2.30. The first-order chi connectivity index (χ1) is 9.38. The summed E-state index contributed by atoms with van der Waals surface area (Å²) in [6.45, 7) is 3.64. The normalized spacial score (nSPS) is 11.2. The summed E-state index contributed by atoms with van der Waals surface area (Å²) < 4.78 is 1.44. The highest BCUT2D eigenvalue weighted by Gasteiger charge is 2.07. The van der Waals surface area contributed by atoms with E-state index in [0.29, 0.717) is 15.7 Å². The van der Waals surface area contributed by atoms with Crippen molar-refractivity contribution in [1.29, 1.82) is 0 Å². The molecule has 1 aromatic heterocycles. The molecule has 0 saturated carbocycles. The van der Waals surface area contributed by atoms with Crippen molar-refractivity contribution >= 4 is 43.8 Å². The van der Waals surface area contributed by atoms with Crippen LogP contribution >= 0.6 is 31.9 Å². The summed E-state index contributed by atoms with van der Waals surface area (Å²) in [6.07, 6.45) is 1.47. The van der Waals surface area contributed by atoms with Gasteiger partial charge in [0, 0.05) is 26.4 Å². The number of nitrogens with one attached hydrogen (secondary N) is 1. The molecule has 0 atom stereocenters. The molecule has 0 saturated heterocycles. The second-order valence-electron chi connectivity index (χ2n) is 4.39. The first-order valence-electron chi connectivity index (χ1n) is 5.81. The van der Waals surface area contributed by atoms with Crippen LogP contribution in [0, 0.1) is 13.8 Å². The maximum Gasteiger partial charge on any atom is 0.274 e. The summed E-state index contributed by atoms with van der Waals surface area (Å²) in [4.78, 5) is 18.8. The van der Waals surface area contributed by atoms with Crippen molar-refractivity contribution < 1.29 is 5.11 Å². The van der Waals surface area contributed by atoms with Crippen LogP contribution in [0.4, 0.5) is 5.69 Å². The maximum absolute atomic E-state index is 11.9. The van der Waals surface area contributed by atoms with Crippen molar-refractivity contribution in [2.45, 2.75) is 13.8 Å². The van der Waals surface area contributed by atoms with E-state index in [-0.39, 0.29) is 11.3 Å². The fraction of sp³-hybridized carbons (Fsp3) is 0.143. The maximum atomic E-state index is 11.9. The van der Waals surface area contributed by atoms with Crippen LogP contribution in [0.15, 0.2) is 36.9 Å². The highest BCUT2D eigenvalue weighted by molar-refractivity contribution is 9.11. The molecule has 104 valence electrons. The Morgan fingerprint density at radius 1 is 1.25 bits per heavy atom. The number of hydrogen-bond donors (Lipinski definition) is 2. The number of phenols is 1. The molecule has 0 amide bonds. The van der Waals surface area contributed by atoms with Gasteiger partial charge in [-0.1, -0.05) is 15.9 Å². The minimum Gasteiger partial charge on any atom is -0.507 e. The quantitative estimate of drug-likeness (QED) is 0.750. The smallest absolute Gasteiger partial charge is 0.274 e. The lowest BCUT2D eigenvalue weighted by molar-refractivity contribution is 0.473. The predicted molar refractivity (Wildman–Crippen MR) is 87.3 cm³/mol. The summed E-state index contributed by atoms with van der Waals surface area (Å²) >= 11 is 6.64. The zero-order valence-corrected chi connectivity index (χ0v) is 14.0. The van der Waals surface area contributed by atoms with Crippen molar-refractivity contribution in [1.82, 2.24) is 4.98 Å². The summed E-state index contributed by atoms with van der Waals surface area (Å²) in [7, 11) is 0. The SMILES string of the molecule is Cc1cc(C)c(N=Cc2c(O)cc(Br)cc2Br)c(=O)[nH]1. The number of pyridine rings is 1. The molecular formula is C14H12Br2N2O2. The van der Waals surface area contributed by atoms with Gasteiger partial charge < -0.3 is 10.1 Å². The van der Waals surface area contributed by atoms with Crippen LogP contribution in [0.2, 0.25) is 0 Å². The number of aromatic hydroxyl groups is 1. The van der Waals surface area contributed by atoms with Crippen molar-refractivity contribution in [2.24, 2.45) is 4.99 Å². The van der Waals surface area contributed by atoms with Gasteiger partial charge in [0.25, 0.3) is 5.56 Å². The van der Waals surface area contributed by atoms with Gasteiger partial charge in [0.15, 0.2) is 0 Å². The number of aromatic nitrogens is 1. The Morgan fingerprint density at radius 3 is 2.55 bits per heavy atom. The number of hydrogen-bond acceptors (Lipinski definition) is 3. The van der Waals surface area contributed by atoms with Gasteiger partial charge in [-0.3, -0.25) is 4.79 Å². The van der Waals surface area contributed by atoms with Crippen LogP contribution < -0.4 is 5.56 Å². The zero-order valence-electron chi connectivity index (χ0n) is 10.9. The van der Waals surface area contributed by atoms with Crippen molar-refractivity contribution in [2.75, 3.05) is 0 Å². The van der Waals surface area contributed by atoms with Gasteiger partial charge in [-0.25, -0.2) is 4.99 Å². The van der Waals surface area contributed by atoms with E-state index < -0.39 is 0 Å². The highest BCUT2D eigenvalue weighted by Crippen LogP contribution is 2.29. The lowest BCUT2D eigenvalue weighted by Gasteiger charge is -2.04. The molecule has 0 fully saturated rings. The third kappa shape index (κ3) is 3.19. The Morgan fingerprint density at radius 2 is 1.95 bits per heavy atom.